The molecule has 6 aromatic rings. The van der Waals surface area contributed by atoms with Gasteiger partial charge in [0.15, 0.2) is 0 Å². The van der Waals surface area contributed by atoms with Crippen LogP contribution < -0.4 is 0 Å². The van der Waals surface area contributed by atoms with Gasteiger partial charge in [-0.3, -0.25) is 4.98 Å². The maximum atomic E-state index is 4.63. The Hall–Kier alpha value is -3.86. The molecule has 0 spiro atoms. The number of benzene rings is 4. The second-order valence-electron chi connectivity index (χ2n) is 8.42. The van der Waals surface area contributed by atoms with Crippen molar-refractivity contribution in [2.75, 3.05) is 0 Å². The van der Waals surface area contributed by atoms with E-state index in [9.17, 15) is 0 Å². The van der Waals surface area contributed by atoms with Crippen LogP contribution in [0.1, 0.15) is 11.1 Å². The fourth-order valence-electron chi connectivity index (χ4n) is 4.59. The molecule has 0 N–H and O–H groups in total. The SMILES string of the molecule is Cc1cc(-c2ccccc2)cc(C)c1-n1cnnc1-c1[c-]cc2c(c1)ncn2-c1ccccc1.[Ir]. The molecule has 1 radical (unpaired) electrons. The van der Waals surface area contributed by atoms with Gasteiger partial charge in [-0.15, -0.1) is 28.9 Å². The van der Waals surface area contributed by atoms with E-state index in [1.807, 2.05) is 47.3 Å². The van der Waals surface area contributed by atoms with E-state index >= 15 is 0 Å². The van der Waals surface area contributed by atoms with E-state index in [1.165, 1.54) is 11.1 Å². The number of hydrogen-bond donors (Lipinski definition) is 0. The quantitative estimate of drug-likeness (QED) is 0.213. The van der Waals surface area contributed by atoms with Gasteiger partial charge in [-0.05, 0) is 65.9 Å². The first kappa shape index (κ1) is 22.9. The molecule has 4 aromatic carbocycles. The predicted octanol–water partition coefficient (Wildman–Crippen LogP) is 6.35. The molecule has 0 aliphatic heterocycles. The number of aromatic nitrogens is 5. The molecule has 0 fully saturated rings. The topological polar surface area (TPSA) is 48.5 Å². The van der Waals surface area contributed by atoms with Crippen LogP contribution >= 0.6 is 0 Å². The summed E-state index contributed by atoms with van der Waals surface area (Å²) in [6, 6.07) is 32.5. The first-order valence-corrected chi connectivity index (χ1v) is 11.2. The molecule has 0 saturated heterocycles. The number of para-hydroxylation sites is 1. The van der Waals surface area contributed by atoms with Crippen LogP contribution in [-0.2, 0) is 20.1 Å². The second-order valence-corrected chi connectivity index (χ2v) is 8.42. The molecule has 0 amide bonds. The fourth-order valence-corrected chi connectivity index (χ4v) is 4.59. The van der Waals surface area contributed by atoms with Crippen molar-refractivity contribution in [1.82, 2.24) is 24.3 Å². The number of imidazole rings is 1. The Morgan fingerprint density at radius 3 is 2.14 bits per heavy atom. The van der Waals surface area contributed by atoms with Gasteiger partial charge in [0.1, 0.15) is 6.33 Å². The van der Waals surface area contributed by atoms with Crippen LogP contribution in [0.25, 0.3) is 44.9 Å². The number of aryl methyl sites for hydroxylation is 2. The van der Waals surface area contributed by atoms with Crippen LogP contribution in [0.3, 0.4) is 0 Å². The summed E-state index contributed by atoms with van der Waals surface area (Å²) in [6.45, 7) is 4.26. The van der Waals surface area contributed by atoms with E-state index < -0.39 is 0 Å². The average Bonchev–Trinajstić information content (AvgIpc) is 3.52. The summed E-state index contributed by atoms with van der Waals surface area (Å²) in [5.41, 5.74) is 9.63. The summed E-state index contributed by atoms with van der Waals surface area (Å²) < 4.78 is 4.11. The molecule has 5 nitrogen and oxygen atoms in total. The molecule has 0 bridgehead atoms. The normalized spacial score (nSPS) is 10.9. The molecule has 2 aromatic heterocycles. The summed E-state index contributed by atoms with van der Waals surface area (Å²) in [5.74, 6) is 0.745. The van der Waals surface area contributed by atoms with E-state index in [4.69, 9.17) is 0 Å². The fraction of sp³-hybridized carbons (Fsp3) is 0.0690. The zero-order valence-electron chi connectivity index (χ0n) is 19.3. The van der Waals surface area contributed by atoms with E-state index in [1.54, 1.807) is 6.33 Å². The Labute approximate surface area is 217 Å². The zero-order valence-corrected chi connectivity index (χ0v) is 21.7. The van der Waals surface area contributed by atoms with Gasteiger partial charge in [0, 0.05) is 37.0 Å². The molecule has 6 heteroatoms. The molecule has 0 saturated carbocycles. The maximum absolute atomic E-state index is 4.63. The molecule has 6 rings (SSSR count). The number of fused-ring (bicyclic) bond motifs is 1. The Bertz CT molecular complexity index is 1590. The molecule has 0 aliphatic carbocycles. The number of hydrogen-bond acceptors (Lipinski definition) is 3. The summed E-state index contributed by atoms with van der Waals surface area (Å²) in [4.78, 5) is 4.63. The molecule has 35 heavy (non-hydrogen) atoms. The van der Waals surface area contributed by atoms with Crippen molar-refractivity contribution in [3.8, 4) is 33.9 Å². The van der Waals surface area contributed by atoms with Crippen LogP contribution in [0.5, 0.6) is 0 Å². The van der Waals surface area contributed by atoms with Crippen LogP contribution in [0.4, 0.5) is 0 Å². The minimum Gasteiger partial charge on any atom is -0.340 e. The summed E-state index contributed by atoms with van der Waals surface area (Å²) in [6.07, 6.45) is 3.62. The molecule has 0 unspecified atom stereocenters. The molecular formula is C29H22IrN5-. The van der Waals surface area contributed by atoms with E-state index in [0.29, 0.717) is 0 Å². The van der Waals surface area contributed by atoms with Crippen LogP contribution in [-0.4, -0.2) is 24.3 Å². The van der Waals surface area contributed by atoms with Gasteiger partial charge >= 0.3 is 0 Å². The van der Waals surface area contributed by atoms with Gasteiger partial charge in [-0.25, -0.2) is 0 Å². The molecule has 0 aliphatic rings. The van der Waals surface area contributed by atoms with Crippen molar-refractivity contribution < 1.29 is 20.1 Å². The minimum atomic E-state index is 0. The molecular weight excluding hydrogens is 611 g/mol. The standard InChI is InChI=1S/C29H22N5.Ir/c1-20-15-24(22-9-5-3-6-10-22)16-21(2)28(20)34-19-31-32-29(34)23-13-14-27-26(17-23)30-18-33(27)25-11-7-4-8-12-25;/h3-12,14-19H,1-2H3;/q-1;. The smallest absolute Gasteiger partial charge is 0.114 e. The van der Waals surface area contributed by atoms with E-state index in [-0.39, 0.29) is 20.1 Å². The van der Waals surface area contributed by atoms with E-state index in [2.05, 4.69) is 88.2 Å². The molecule has 2 heterocycles. The zero-order chi connectivity index (χ0) is 23.1. The third-order valence-corrected chi connectivity index (χ3v) is 6.14. The second kappa shape index (κ2) is 9.41. The van der Waals surface area contributed by atoms with Crippen molar-refractivity contribution in [1.29, 1.82) is 0 Å². The summed E-state index contributed by atoms with van der Waals surface area (Å²) in [5, 5.41) is 8.68. The van der Waals surface area contributed by atoms with Crippen molar-refractivity contribution in [3.05, 3.63) is 115 Å². The van der Waals surface area contributed by atoms with Gasteiger partial charge in [-0.1, -0.05) is 48.5 Å². The Morgan fingerprint density at radius 2 is 1.43 bits per heavy atom. The molecule has 0 atom stereocenters. The van der Waals surface area contributed by atoms with Gasteiger partial charge in [0.25, 0.3) is 0 Å². The monoisotopic (exact) mass is 633 g/mol. The third kappa shape index (κ3) is 4.12. The van der Waals surface area contributed by atoms with Crippen molar-refractivity contribution in [2.24, 2.45) is 0 Å². The first-order valence-electron chi connectivity index (χ1n) is 11.2. The maximum Gasteiger partial charge on any atom is 0.114 e. The average molecular weight is 633 g/mol. The Balaban J connectivity index is 0.00000253. The Morgan fingerprint density at radius 1 is 0.743 bits per heavy atom. The van der Waals surface area contributed by atoms with Gasteiger partial charge in [-0.2, -0.15) is 5.10 Å². The third-order valence-electron chi connectivity index (χ3n) is 6.14. The van der Waals surface area contributed by atoms with Crippen molar-refractivity contribution in [3.63, 3.8) is 0 Å². The Kier molecular flexibility index (Phi) is 6.16. The largest absolute Gasteiger partial charge is 0.340 e. The van der Waals surface area contributed by atoms with Gasteiger partial charge in [0.2, 0.25) is 0 Å². The van der Waals surface area contributed by atoms with Gasteiger partial charge < -0.3 is 9.13 Å². The van der Waals surface area contributed by atoms with Crippen molar-refractivity contribution >= 4 is 11.0 Å². The van der Waals surface area contributed by atoms with Crippen LogP contribution in [0, 0.1) is 19.9 Å². The molecule has 173 valence electrons. The van der Waals surface area contributed by atoms with Crippen LogP contribution in [0.2, 0.25) is 0 Å². The van der Waals surface area contributed by atoms with Crippen LogP contribution in [0.15, 0.2) is 97.6 Å². The minimum absolute atomic E-state index is 0. The first-order chi connectivity index (χ1) is 16.7. The van der Waals surface area contributed by atoms with Gasteiger partial charge in [0.05, 0.1) is 12.2 Å². The van der Waals surface area contributed by atoms with E-state index in [0.717, 1.165) is 44.9 Å². The summed E-state index contributed by atoms with van der Waals surface area (Å²) in [7, 11) is 0. The number of nitrogens with zero attached hydrogens (tertiary/aromatic N) is 5. The van der Waals surface area contributed by atoms with Crippen molar-refractivity contribution in [2.45, 2.75) is 13.8 Å². The predicted molar refractivity (Wildman–Crippen MR) is 135 cm³/mol. The number of rotatable bonds is 4. The summed E-state index contributed by atoms with van der Waals surface area (Å²) >= 11 is 0.